The summed E-state index contributed by atoms with van der Waals surface area (Å²) < 4.78 is 97.1. The molecule has 0 spiro atoms. The van der Waals surface area contributed by atoms with Crippen LogP contribution >= 0.6 is 0 Å². The molecule has 1 aromatic heterocycles. The summed E-state index contributed by atoms with van der Waals surface area (Å²) in [5, 5.41) is 0. The summed E-state index contributed by atoms with van der Waals surface area (Å²) in [4.78, 5) is -0.884. The summed E-state index contributed by atoms with van der Waals surface area (Å²) in [6.07, 6.45) is -3.19. The molecule has 0 saturated carbocycles. The topological polar surface area (TPSA) is 42.3 Å². The van der Waals surface area contributed by atoms with Crippen molar-refractivity contribution in [3.8, 4) is 0 Å². The zero-order valence-electron chi connectivity index (χ0n) is 15.3. The maximum absolute atomic E-state index is 13.9. The number of hydrogen-bond acceptors (Lipinski definition) is 2. The van der Waals surface area contributed by atoms with Gasteiger partial charge in [-0.2, -0.15) is 17.5 Å². The van der Waals surface area contributed by atoms with E-state index in [9.17, 15) is 30.4 Å². The Kier molecular flexibility index (Phi) is 4.94. The lowest BCUT2D eigenvalue weighted by Gasteiger charge is -2.36. The first kappa shape index (κ1) is 20.5. The molecular formula is C20H15F5N2O2S. The first-order valence-electron chi connectivity index (χ1n) is 8.89. The van der Waals surface area contributed by atoms with Crippen LogP contribution in [0.2, 0.25) is 0 Å². The fraction of sp³-hybridized carbons (Fsp3) is 0.200. The van der Waals surface area contributed by atoms with Crippen molar-refractivity contribution < 1.29 is 30.4 Å². The first-order chi connectivity index (χ1) is 14.1. The van der Waals surface area contributed by atoms with Crippen molar-refractivity contribution in [3.05, 3.63) is 89.2 Å². The largest absolute Gasteiger partial charge is 0.417 e. The van der Waals surface area contributed by atoms with Crippen LogP contribution in [0.15, 0.2) is 65.7 Å². The molecule has 0 N–H and O–H groups in total. The highest BCUT2D eigenvalue weighted by Crippen LogP contribution is 2.40. The number of alkyl halides is 3. The minimum Gasteiger partial charge on any atom is -0.348 e. The van der Waals surface area contributed by atoms with E-state index >= 15 is 0 Å². The van der Waals surface area contributed by atoms with Crippen molar-refractivity contribution in [1.29, 1.82) is 0 Å². The van der Waals surface area contributed by atoms with Gasteiger partial charge < -0.3 is 4.57 Å². The molecule has 0 amide bonds. The van der Waals surface area contributed by atoms with E-state index in [0.29, 0.717) is 11.8 Å². The van der Waals surface area contributed by atoms with Crippen LogP contribution in [0.3, 0.4) is 0 Å². The Bertz CT molecular complexity index is 1200. The van der Waals surface area contributed by atoms with Crippen LogP contribution in [0.4, 0.5) is 22.0 Å². The second-order valence-electron chi connectivity index (χ2n) is 6.81. The maximum atomic E-state index is 13.9. The Hall–Kier alpha value is -2.72. The minimum atomic E-state index is -4.88. The van der Waals surface area contributed by atoms with Crippen LogP contribution in [0.1, 0.15) is 22.9 Å². The zero-order chi connectivity index (χ0) is 21.7. The molecule has 0 saturated heterocycles. The Labute approximate surface area is 169 Å². The molecular weight excluding hydrogens is 427 g/mol. The van der Waals surface area contributed by atoms with Gasteiger partial charge in [-0.15, -0.1) is 0 Å². The highest BCUT2D eigenvalue weighted by atomic mass is 32.2. The number of sulfonamides is 1. The molecule has 1 aliphatic rings. The van der Waals surface area contributed by atoms with Crippen LogP contribution in [0.25, 0.3) is 0 Å². The molecule has 0 aliphatic carbocycles. The van der Waals surface area contributed by atoms with Crippen molar-refractivity contribution >= 4 is 10.0 Å². The summed E-state index contributed by atoms with van der Waals surface area (Å²) >= 11 is 0. The molecule has 158 valence electrons. The number of benzene rings is 2. The summed E-state index contributed by atoms with van der Waals surface area (Å²) in [7, 11) is -4.63. The maximum Gasteiger partial charge on any atom is 0.417 e. The number of fused-ring (bicyclic) bond motifs is 1. The van der Waals surface area contributed by atoms with Crippen LogP contribution in [-0.2, 0) is 22.7 Å². The zero-order valence-corrected chi connectivity index (χ0v) is 16.1. The molecule has 10 heteroatoms. The third kappa shape index (κ3) is 3.39. The molecule has 0 fully saturated rings. The fourth-order valence-corrected chi connectivity index (χ4v) is 5.49. The van der Waals surface area contributed by atoms with E-state index in [1.54, 1.807) is 22.9 Å². The second-order valence-corrected chi connectivity index (χ2v) is 8.67. The molecule has 1 unspecified atom stereocenters. The number of halogens is 5. The third-order valence-corrected chi connectivity index (χ3v) is 6.96. The van der Waals surface area contributed by atoms with Gasteiger partial charge in [-0.05, 0) is 42.0 Å². The fourth-order valence-electron chi connectivity index (χ4n) is 3.69. The van der Waals surface area contributed by atoms with Gasteiger partial charge in [0, 0.05) is 25.0 Å². The Balaban J connectivity index is 1.90. The van der Waals surface area contributed by atoms with Gasteiger partial charge in [-0.1, -0.05) is 18.2 Å². The Morgan fingerprint density at radius 2 is 1.63 bits per heavy atom. The molecule has 4 nitrogen and oxygen atoms in total. The van der Waals surface area contributed by atoms with Crippen LogP contribution in [-0.4, -0.2) is 23.8 Å². The lowest BCUT2D eigenvalue weighted by Crippen LogP contribution is -2.42. The monoisotopic (exact) mass is 442 g/mol. The molecule has 0 bridgehead atoms. The van der Waals surface area contributed by atoms with E-state index in [4.69, 9.17) is 0 Å². The van der Waals surface area contributed by atoms with Crippen molar-refractivity contribution in [2.75, 3.05) is 6.54 Å². The van der Waals surface area contributed by atoms with E-state index in [-0.39, 0.29) is 18.7 Å². The third-order valence-electron chi connectivity index (χ3n) is 5.03. The SMILES string of the molecule is O=S(=O)(c1ccccc1C(F)(F)F)N1CCn2cccc2C1c1ccc(F)c(F)c1. The summed E-state index contributed by atoms with van der Waals surface area (Å²) in [6, 6.07) is 9.00. The smallest absolute Gasteiger partial charge is 0.348 e. The molecule has 2 aromatic carbocycles. The summed E-state index contributed by atoms with van der Waals surface area (Å²) in [5.41, 5.74) is -0.725. The Morgan fingerprint density at radius 3 is 2.33 bits per heavy atom. The predicted molar refractivity (Wildman–Crippen MR) is 98.0 cm³/mol. The average molecular weight is 442 g/mol. The molecule has 4 rings (SSSR count). The van der Waals surface area contributed by atoms with Crippen molar-refractivity contribution in [2.24, 2.45) is 0 Å². The number of nitrogens with zero attached hydrogens (tertiary/aromatic N) is 2. The van der Waals surface area contributed by atoms with Gasteiger partial charge in [0.1, 0.15) is 0 Å². The number of rotatable bonds is 3. The van der Waals surface area contributed by atoms with Gasteiger partial charge >= 0.3 is 6.18 Å². The van der Waals surface area contributed by atoms with Crippen molar-refractivity contribution in [3.63, 3.8) is 0 Å². The second kappa shape index (κ2) is 7.21. The van der Waals surface area contributed by atoms with E-state index < -0.39 is 44.3 Å². The quantitative estimate of drug-likeness (QED) is 0.558. The molecule has 2 heterocycles. The van der Waals surface area contributed by atoms with Gasteiger partial charge in [0.05, 0.1) is 16.5 Å². The van der Waals surface area contributed by atoms with Crippen LogP contribution in [0.5, 0.6) is 0 Å². The first-order valence-corrected chi connectivity index (χ1v) is 10.3. The number of hydrogen-bond donors (Lipinski definition) is 0. The molecule has 1 atom stereocenters. The van der Waals surface area contributed by atoms with Gasteiger partial charge in [0.2, 0.25) is 10.0 Å². The normalized spacial score (nSPS) is 17.7. The number of aromatic nitrogens is 1. The standard InChI is InChI=1S/C20H15F5N2O2S/c21-15-8-7-13(12-16(15)22)19-17-5-3-9-26(17)10-11-27(19)30(28,29)18-6-2-1-4-14(18)20(23,24)25/h1-9,12,19H,10-11H2. The van der Waals surface area contributed by atoms with E-state index in [2.05, 4.69) is 0 Å². The van der Waals surface area contributed by atoms with Gasteiger partial charge in [-0.25, -0.2) is 17.2 Å². The minimum absolute atomic E-state index is 0.113. The van der Waals surface area contributed by atoms with Crippen LogP contribution < -0.4 is 0 Å². The lowest BCUT2D eigenvalue weighted by molar-refractivity contribution is -0.139. The van der Waals surface area contributed by atoms with Crippen LogP contribution in [0, 0.1) is 11.6 Å². The molecule has 1 aliphatic heterocycles. The van der Waals surface area contributed by atoms with Gasteiger partial charge in [-0.3, -0.25) is 0 Å². The average Bonchev–Trinajstić information content (AvgIpc) is 3.17. The lowest BCUT2D eigenvalue weighted by atomic mass is 10.0. The summed E-state index contributed by atoms with van der Waals surface area (Å²) in [6.45, 7) is 0.0653. The van der Waals surface area contributed by atoms with E-state index in [0.717, 1.165) is 28.6 Å². The highest BCUT2D eigenvalue weighted by Gasteiger charge is 2.43. The molecule has 30 heavy (non-hydrogen) atoms. The molecule has 0 radical (unpaired) electrons. The van der Waals surface area contributed by atoms with Gasteiger partial charge in [0.15, 0.2) is 11.6 Å². The molecule has 3 aromatic rings. The Morgan fingerprint density at radius 1 is 0.900 bits per heavy atom. The van der Waals surface area contributed by atoms with Gasteiger partial charge in [0.25, 0.3) is 0 Å². The highest BCUT2D eigenvalue weighted by molar-refractivity contribution is 7.89. The summed E-state index contributed by atoms with van der Waals surface area (Å²) in [5.74, 6) is -2.29. The van der Waals surface area contributed by atoms with E-state index in [1.165, 1.54) is 12.1 Å². The van der Waals surface area contributed by atoms with Crippen molar-refractivity contribution in [1.82, 2.24) is 8.87 Å². The predicted octanol–water partition coefficient (Wildman–Crippen LogP) is 4.58. The van der Waals surface area contributed by atoms with E-state index in [1.807, 2.05) is 0 Å². The van der Waals surface area contributed by atoms with Crippen molar-refractivity contribution in [2.45, 2.75) is 23.7 Å².